The number of hydrogen-bond donors (Lipinski definition) is 0. The van der Waals surface area contributed by atoms with Gasteiger partial charge in [-0.15, -0.1) is 0 Å². The van der Waals surface area contributed by atoms with Gasteiger partial charge in [0, 0.05) is 49.3 Å². The van der Waals surface area contributed by atoms with Crippen LogP contribution in [0.4, 0.5) is 0 Å². The Labute approximate surface area is 175 Å². The summed E-state index contributed by atoms with van der Waals surface area (Å²) in [6.45, 7) is 17.8. The Morgan fingerprint density at radius 1 is 0.679 bits per heavy atom. The molecule has 0 unspecified atom stereocenters. The minimum Gasteiger partial charge on any atom is -0.306 e. The zero-order valence-corrected chi connectivity index (χ0v) is 19.8. The van der Waals surface area contributed by atoms with Crippen molar-refractivity contribution in [1.82, 2.24) is 19.6 Å². The average molecular weight is 393 g/mol. The van der Waals surface area contributed by atoms with Crippen LogP contribution >= 0.6 is 0 Å². The fourth-order valence-corrected chi connectivity index (χ4v) is 5.86. The molecule has 0 bridgehead atoms. The molecule has 0 spiro atoms. The molecular weight excluding hydrogens is 344 g/mol. The lowest BCUT2D eigenvalue weighted by atomic mass is 9.84. The quantitative estimate of drug-likeness (QED) is 0.651. The van der Waals surface area contributed by atoms with Crippen molar-refractivity contribution in [2.24, 2.45) is 0 Å². The zero-order chi connectivity index (χ0) is 20.4. The van der Waals surface area contributed by atoms with Gasteiger partial charge < -0.3 is 9.80 Å². The second-order valence-corrected chi connectivity index (χ2v) is 11.3. The van der Waals surface area contributed by atoms with Gasteiger partial charge in [0.25, 0.3) is 0 Å². The summed E-state index contributed by atoms with van der Waals surface area (Å²) < 4.78 is 0. The molecule has 0 aromatic carbocycles. The van der Waals surface area contributed by atoms with E-state index in [2.05, 4.69) is 61.4 Å². The first-order valence-electron chi connectivity index (χ1n) is 12.1. The molecule has 164 valence electrons. The van der Waals surface area contributed by atoms with E-state index >= 15 is 0 Å². The van der Waals surface area contributed by atoms with Crippen LogP contribution in [-0.4, -0.2) is 96.1 Å². The number of likely N-dealkylation sites (tertiary alicyclic amines) is 3. The zero-order valence-electron chi connectivity index (χ0n) is 19.8. The van der Waals surface area contributed by atoms with Gasteiger partial charge in [-0.3, -0.25) is 9.80 Å². The van der Waals surface area contributed by atoms with E-state index in [1.54, 1.807) is 0 Å². The van der Waals surface area contributed by atoms with Crippen LogP contribution in [0.3, 0.4) is 0 Å². The van der Waals surface area contributed by atoms with E-state index in [1.807, 2.05) is 0 Å². The Morgan fingerprint density at radius 2 is 1.11 bits per heavy atom. The molecule has 0 N–H and O–H groups in total. The SMILES string of the molecule is CN(C)C1CCN(C(C)(C)CCC(C)(C)N2CCC(N3CCCC3)CC2)CC1. The highest BCUT2D eigenvalue weighted by molar-refractivity contribution is 4.93. The highest BCUT2D eigenvalue weighted by atomic mass is 15.2. The Kier molecular flexibility index (Phi) is 7.50. The molecule has 3 rings (SSSR count). The van der Waals surface area contributed by atoms with Crippen LogP contribution in [0.1, 0.15) is 79.1 Å². The summed E-state index contributed by atoms with van der Waals surface area (Å²) in [5.41, 5.74) is 0.650. The monoisotopic (exact) mass is 392 g/mol. The maximum absolute atomic E-state index is 2.80. The van der Waals surface area contributed by atoms with Gasteiger partial charge in [0.05, 0.1) is 0 Å². The largest absolute Gasteiger partial charge is 0.306 e. The van der Waals surface area contributed by atoms with Gasteiger partial charge >= 0.3 is 0 Å². The van der Waals surface area contributed by atoms with Crippen molar-refractivity contribution < 1.29 is 0 Å². The third kappa shape index (κ3) is 5.50. The van der Waals surface area contributed by atoms with E-state index in [4.69, 9.17) is 0 Å². The number of hydrogen-bond acceptors (Lipinski definition) is 4. The molecule has 0 atom stereocenters. The molecule has 3 aliphatic heterocycles. The minimum absolute atomic E-state index is 0.322. The maximum atomic E-state index is 2.80. The lowest BCUT2D eigenvalue weighted by Gasteiger charge is -2.48. The van der Waals surface area contributed by atoms with Crippen molar-refractivity contribution in [3.8, 4) is 0 Å². The van der Waals surface area contributed by atoms with E-state index < -0.39 is 0 Å². The summed E-state index contributed by atoms with van der Waals surface area (Å²) in [5, 5.41) is 0. The maximum Gasteiger partial charge on any atom is 0.0153 e. The van der Waals surface area contributed by atoms with E-state index in [-0.39, 0.29) is 0 Å². The molecule has 3 heterocycles. The van der Waals surface area contributed by atoms with Gasteiger partial charge in [0.1, 0.15) is 0 Å². The molecule has 0 aliphatic carbocycles. The summed E-state index contributed by atoms with van der Waals surface area (Å²) in [5.74, 6) is 0. The summed E-state index contributed by atoms with van der Waals surface area (Å²) in [4.78, 5) is 10.8. The summed E-state index contributed by atoms with van der Waals surface area (Å²) in [6, 6.07) is 1.64. The third-order valence-corrected chi connectivity index (χ3v) is 8.38. The van der Waals surface area contributed by atoms with Crippen molar-refractivity contribution in [3.63, 3.8) is 0 Å². The van der Waals surface area contributed by atoms with Gasteiger partial charge in [-0.2, -0.15) is 0 Å². The van der Waals surface area contributed by atoms with Crippen molar-refractivity contribution >= 4 is 0 Å². The van der Waals surface area contributed by atoms with E-state index in [0.29, 0.717) is 11.1 Å². The standard InChI is InChI=1S/C24H48N4/c1-23(2,27-17-9-21(10-18-27)25(5)6)13-14-24(3,4)28-19-11-22(12-20-28)26-15-7-8-16-26/h21-22H,7-20H2,1-6H3. The molecule has 3 aliphatic rings. The van der Waals surface area contributed by atoms with E-state index in [1.165, 1.54) is 90.6 Å². The molecule has 0 aromatic rings. The van der Waals surface area contributed by atoms with Crippen molar-refractivity contribution in [2.75, 3.05) is 53.4 Å². The Hall–Kier alpha value is -0.160. The Balaban J connectivity index is 1.45. The fourth-order valence-electron chi connectivity index (χ4n) is 5.86. The van der Waals surface area contributed by atoms with Crippen LogP contribution in [0.5, 0.6) is 0 Å². The Morgan fingerprint density at radius 3 is 1.54 bits per heavy atom. The Bertz CT molecular complexity index is 465. The normalized spacial score (nSPS) is 25.8. The molecule has 0 aromatic heterocycles. The highest BCUT2D eigenvalue weighted by Gasteiger charge is 2.36. The smallest absolute Gasteiger partial charge is 0.0153 e. The fraction of sp³-hybridized carbons (Fsp3) is 1.00. The molecule has 3 saturated heterocycles. The second-order valence-electron chi connectivity index (χ2n) is 11.3. The predicted molar refractivity (Wildman–Crippen MR) is 121 cm³/mol. The lowest BCUT2D eigenvalue weighted by Crippen LogP contribution is -2.54. The molecule has 4 nitrogen and oxygen atoms in total. The second kappa shape index (κ2) is 9.32. The van der Waals surface area contributed by atoms with Gasteiger partial charge in [0.15, 0.2) is 0 Å². The van der Waals surface area contributed by atoms with E-state index in [0.717, 1.165) is 12.1 Å². The molecular formula is C24H48N4. The summed E-state index contributed by atoms with van der Waals surface area (Å²) in [6.07, 6.45) is 10.9. The average Bonchev–Trinajstić information content (AvgIpc) is 3.22. The van der Waals surface area contributed by atoms with Crippen molar-refractivity contribution in [2.45, 2.75) is 102 Å². The van der Waals surface area contributed by atoms with Crippen LogP contribution < -0.4 is 0 Å². The van der Waals surface area contributed by atoms with Gasteiger partial charge in [-0.1, -0.05) is 0 Å². The molecule has 0 radical (unpaired) electrons. The van der Waals surface area contributed by atoms with E-state index in [9.17, 15) is 0 Å². The van der Waals surface area contributed by atoms with Crippen molar-refractivity contribution in [3.05, 3.63) is 0 Å². The molecule has 0 amide bonds. The summed E-state index contributed by atoms with van der Waals surface area (Å²) in [7, 11) is 4.47. The first-order valence-corrected chi connectivity index (χ1v) is 12.1. The summed E-state index contributed by atoms with van der Waals surface area (Å²) >= 11 is 0. The first kappa shape index (κ1) is 22.5. The first-order chi connectivity index (χ1) is 13.2. The van der Waals surface area contributed by atoms with Crippen LogP contribution in [-0.2, 0) is 0 Å². The molecule has 4 heteroatoms. The molecule has 3 fully saturated rings. The minimum atomic E-state index is 0.322. The van der Waals surface area contributed by atoms with Crippen LogP contribution in [0.2, 0.25) is 0 Å². The number of piperidine rings is 2. The highest BCUT2D eigenvalue weighted by Crippen LogP contribution is 2.33. The predicted octanol–water partition coefficient (Wildman–Crippen LogP) is 3.91. The molecule has 0 saturated carbocycles. The van der Waals surface area contributed by atoms with Gasteiger partial charge in [-0.25, -0.2) is 0 Å². The number of rotatable bonds is 7. The van der Waals surface area contributed by atoms with Crippen LogP contribution in [0.15, 0.2) is 0 Å². The van der Waals surface area contributed by atoms with Crippen molar-refractivity contribution in [1.29, 1.82) is 0 Å². The molecule has 28 heavy (non-hydrogen) atoms. The van der Waals surface area contributed by atoms with Gasteiger partial charge in [-0.05, 0) is 106 Å². The number of nitrogens with zero attached hydrogens (tertiary/aromatic N) is 4. The third-order valence-electron chi connectivity index (χ3n) is 8.38. The topological polar surface area (TPSA) is 13.0 Å². The van der Waals surface area contributed by atoms with Gasteiger partial charge in [0.2, 0.25) is 0 Å². The van der Waals surface area contributed by atoms with Crippen LogP contribution in [0.25, 0.3) is 0 Å². The van der Waals surface area contributed by atoms with Crippen LogP contribution in [0, 0.1) is 0 Å². The lowest BCUT2D eigenvalue weighted by molar-refractivity contribution is 0.0213.